The van der Waals surface area contributed by atoms with Crippen LogP contribution in [0.15, 0.2) is 29.1 Å². The molecule has 1 heterocycles. The van der Waals surface area contributed by atoms with Gasteiger partial charge in [0, 0.05) is 5.39 Å². The largest absolute Gasteiger partial charge is 0.507 e. The number of para-hydroxylation sites is 1. The van der Waals surface area contributed by atoms with Crippen LogP contribution in [0.2, 0.25) is 0 Å². The summed E-state index contributed by atoms with van der Waals surface area (Å²) in [4.78, 5) is 26.1. The van der Waals surface area contributed by atoms with E-state index in [0.29, 0.717) is 10.9 Å². The lowest BCUT2D eigenvalue weighted by atomic mass is 10.1. The van der Waals surface area contributed by atoms with E-state index in [1.54, 1.807) is 38.1 Å². The summed E-state index contributed by atoms with van der Waals surface area (Å²) in [5.41, 5.74) is 0.0900. The van der Waals surface area contributed by atoms with Crippen LogP contribution in [0.25, 0.3) is 10.9 Å². The van der Waals surface area contributed by atoms with Crippen LogP contribution in [-0.2, 0) is 16.0 Å². The van der Waals surface area contributed by atoms with Gasteiger partial charge in [-0.15, -0.1) is 0 Å². The average Bonchev–Trinajstić information content (AvgIpc) is 2.33. The smallest absolute Gasteiger partial charge is 0.310 e. The number of hydrogen-bond acceptors (Lipinski definition) is 4. The molecule has 0 spiro atoms. The molecule has 0 bridgehead atoms. The molecule has 0 atom stereocenters. The van der Waals surface area contributed by atoms with Gasteiger partial charge in [0.05, 0.1) is 23.6 Å². The number of nitrogens with one attached hydrogen (secondary N) is 1. The summed E-state index contributed by atoms with van der Waals surface area (Å²) in [6.45, 7) is 3.45. The predicted molar refractivity (Wildman–Crippen MR) is 71.2 cm³/mol. The highest BCUT2D eigenvalue weighted by atomic mass is 16.5. The first-order valence-corrected chi connectivity index (χ1v) is 6.01. The second kappa shape index (κ2) is 5.14. The molecule has 0 aliphatic rings. The number of esters is 1. The molecule has 2 N–H and O–H groups in total. The van der Waals surface area contributed by atoms with Gasteiger partial charge in [-0.1, -0.05) is 12.1 Å². The van der Waals surface area contributed by atoms with Crippen LogP contribution < -0.4 is 5.56 Å². The number of benzene rings is 1. The van der Waals surface area contributed by atoms with Crippen LogP contribution in [0.4, 0.5) is 0 Å². The van der Waals surface area contributed by atoms with Crippen molar-refractivity contribution in [1.29, 1.82) is 0 Å². The molecular formula is C14H15NO4. The molecule has 0 fully saturated rings. The Morgan fingerprint density at radius 2 is 2.05 bits per heavy atom. The summed E-state index contributed by atoms with van der Waals surface area (Å²) >= 11 is 0. The Labute approximate surface area is 109 Å². The zero-order valence-corrected chi connectivity index (χ0v) is 10.8. The van der Waals surface area contributed by atoms with Crippen molar-refractivity contribution >= 4 is 16.9 Å². The highest BCUT2D eigenvalue weighted by molar-refractivity contribution is 5.87. The third-order valence-corrected chi connectivity index (χ3v) is 2.68. The molecule has 1 aromatic heterocycles. The number of pyridine rings is 1. The monoisotopic (exact) mass is 261 g/mol. The highest BCUT2D eigenvalue weighted by Gasteiger charge is 2.16. The Balaban J connectivity index is 2.43. The van der Waals surface area contributed by atoms with Gasteiger partial charge in [-0.25, -0.2) is 0 Å². The van der Waals surface area contributed by atoms with E-state index in [9.17, 15) is 14.7 Å². The lowest BCUT2D eigenvalue weighted by Crippen LogP contribution is -2.20. The minimum atomic E-state index is -0.536. The molecule has 19 heavy (non-hydrogen) atoms. The minimum absolute atomic E-state index is 0.0318. The van der Waals surface area contributed by atoms with Crippen molar-refractivity contribution in [2.75, 3.05) is 0 Å². The standard InChI is InChI=1S/C14H15NO4/c1-8(2)19-12(16)7-10-13(17)9-5-3-4-6-11(9)15-14(10)18/h3-6,8H,7H2,1-2H3,(H2,15,17,18). The summed E-state index contributed by atoms with van der Waals surface area (Å²) in [6, 6.07) is 6.87. The molecule has 0 unspecified atom stereocenters. The first kappa shape index (κ1) is 13.1. The van der Waals surface area contributed by atoms with Crippen LogP contribution in [-0.4, -0.2) is 22.2 Å². The SMILES string of the molecule is CC(C)OC(=O)Cc1c(O)c2ccccc2[nH]c1=O. The van der Waals surface area contributed by atoms with E-state index in [4.69, 9.17) is 4.74 Å². The summed E-state index contributed by atoms with van der Waals surface area (Å²) in [7, 11) is 0. The fourth-order valence-corrected chi connectivity index (χ4v) is 1.88. The third-order valence-electron chi connectivity index (χ3n) is 2.68. The van der Waals surface area contributed by atoms with Crippen LogP contribution >= 0.6 is 0 Å². The molecule has 0 amide bonds. The van der Waals surface area contributed by atoms with Crippen LogP contribution in [0, 0.1) is 0 Å². The number of fused-ring (bicyclic) bond motifs is 1. The number of ether oxygens (including phenoxy) is 1. The molecule has 2 aromatic rings. The van der Waals surface area contributed by atoms with Gasteiger partial charge in [-0.05, 0) is 26.0 Å². The number of hydrogen-bond donors (Lipinski definition) is 2. The van der Waals surface area contributed by atoms with Crippen molar-refractivity contribution in [3.05, 3.63) is 40.2 Å². The van der Waals surface area contributed by atoms with Gasteiger partial charge in [-0.2, -0.15) is 0 Å². The second-order valence-electron chi connectivity index (χ2n) is 4.54. The molecule has 1 aromatic carbocycles. The number of carbonyl (C=O) groups is 1. The molecule has 5 nitrogen and oxygen atoms in total. The third kappa shape index (κ3) is 2.76. The Bertz CT molecular complexity index is 673. The maximum atomic E-state index is 11.9. The van der Waals surface area contributed by atoms with E-state index in [2.05, 4.69) is 4.98 Å². The first-order valence-electron chi connectivity index (χ1n) is 6.01. The Kier molecular flexibility index (Phi) is 3.55. The van der Waals surface area contributed by atoms with E-state index in [1.807, 2.05) is 0 Å². The van der Waals surface area contributed by atoms with Gasteiger partial charge >= 0.3 is 5.97 Å². The van der Waals surface area contributed by atoms with Gasteiger partial charge in [0.2, 0.25) is 0 Å². The van der Waals surface area contributed by atoms with Crippen molar-refractivity contribution in [2.45, 2.75) is 26.4 Å². The van der Waals surface area contributed by atoms with Gasteiger partial charge in [0.1, 0.15) is 5.75 Å². The quantitative estimate of drug-likeness (QED) is 0.825. The molecule has 0 saturated heterocycles. The second-order valence-corrected chi connectivity index (χ2v) is 4.54. The van der Waals surface area contributed by atoms with Gasteiger partial charge in [0.15, 0.2) is 0 Å². The summed E-state index contributed by atoms with van der Waals surface area (Å²) in [5.74, 6) is -0.703. The van der Waals surface area contributed by atoms with Crippen molar-refractivity contribution in [1.82, 2.24) is 4.98 Å². The number of rotatable bonds is 3. The highest BCUT2D eigenvalue weighted by Crippen LogP contribution is 2.24. The van der Waals surface area contributed by atoms with E-state index in [-0.39, 0.29) is 23.8 Å². The van der Waals surface area contributed by atoms with Crippen molar-refractivity contribution in [3.63, 3.8) is 0 Å². The molecule has 5 heteroatoms. The fourth-order valence-electron chi connectivity index (χ4n) is 1.88. The zero-order valence-electron chi connectivity index (χ0n) is 10.8. The van der Waals surface area contributed by atoms with Crippen molar-refractivity contribution < 1.29 is 14.6 Å². The van der Waals surface area contributed by atoms with Gasteiger partial charge in [-0.3, -0.25) is 9.59 Å². The minimum Gasteiger partial charge on any atom is -0.507 e. The molecule has 0 saturated carbocycles. The first-order chi connectivity index (χ1) is 8.99. The molecular weight excluding hydrogens is 246 g/mol. The molecule has 0 aliphatic carbocycles. The maximum absolute atomic E-state index is 11.9. The lowest BCUT2D eigenvalue weighted by Gasteiger charge is -2.09. The lowest BCUT2D eigenvalue weighted by molar-refractivity contribution is -0.146. The topological polar surface area (TPSA) is 79.4 Å². The normalized spacial score (nSPS) is 10.9. The maximum Gasteiger partial charge on any atom is 0.310 e. The van der Waals surface area contributed by atoms with E-state index in [0.717, 1.165) is 0 Å². The molecule has 2 rings (SSSR count). The van der Waals surface area contributed by atoms with E-state index >= 15 is 0 Å². The van der Waals surface area contributed by atoms with Crippen LogP contribution in [0.1, 0.15) is 19.4 Å². The van der Waals surface area contributed by atoms with Crippen molar-refractivity contribution in [2.24, 2.45) is 0 Å². The fraction of sp³-hybridized carbons (Fsp3) is 0.286. The molecule has 100 valence electrons. The summed E-state index contributed by atoms with van der Waals surface area (Å²) in [5, 5.41) is 10.6. The number of carbonyl (C=O) groups excluding carboxylic acids is 1. The Hall–Kier alpha value is -2.30. The van der Waals surface area contributed by atoms with Crippen molar-refractivity contribution in [3.8, 4) is 5.75 Å². The van der Waals surface area contributed by atoms with Gasteiger partial charge < -0.3 is 14.8 Å². The van der Waals surface area contributed by atoms with Crippen LogP contribution in [0.3, 0.4) is 0 Å². The summed E-state index contributed by atoms with van der Waals surface area (Å²) in [6.07, 6.45) is -0.501. The number of H-pyrrole nitrogens is 1. The molecule has 0 aliphatic heterocycles. The number of aromatic nitrogens is 1. The predicted octanol–water partition coefficient (Wildman–Crippen LogP) is 1.73. The number of aromatic hydroxyl groups is 1. The van der Waals surface area contributed by atoms with Gasteiger partial charge in [0.25, 0.3) is 5.56 Å². The summed E-state index contributed by atoms with van der Waals surface area (Å²) < 4.78 is 4.97. The zero-order chi connectivity index (χ0) is 14.0. The average molecular weight is 261 g/mol. The Morgan fingerprint density at radius 3 is 2.74 bits per heavy atom. The van der Waals surface area contributed by atoms with Crippen LogP contribution in [0.5, 0.6) is 5.75 Å². The van der Waals surface area contributed by atoms with E-state index in [1.165, 1.54) is 0 Å². The number of aromatic amines is 1. The molecule has 0 radical (unpaired) electrons. The Morgan fingerprint density at radius 1 is 1.37 bits per heavy atom. The van der Waals surface area contributed by atoms with E-state index < -0.39 is 11.5 Å².